The van der Waals surface area contributed by atoms with Crippen LogP contribution in [-0.4, -0.2) is 50.7 Å². The molecule has 5 N–H and O–H groups in total. The van der Waals surface area contributed by atoms with Crippen molar-refractivity contribution >= 4 is 16.9 Å². The Morgan fingerprint density at radius 3 is 2.76 bits per heavy atom. The van der Waals surface area contributed by atoms with Crippen molar-refractivity contribution in [3.8, 4) is 17.7 Å². The van der Waals surface area contributed by atoms with Gasteiger partial charge in [-0.1, -0.05) is 0 Å². The van der Waals surface area contributed by atoms with Gasteiger partial charge in [0.25, 0.3) is 0 Å². The number of rotatable bonds is 6. The minimum atomic E-state index is 0.319. The predicted octanol–water partition coefficient (Wildman–Crippen LogP) is 1.68. The zero-order valence-corrected chi connectivity index (χ0v) is 18.4. The quantitative estimate of drug-likeness (QED) is 0.476. The number of allylic oxidation sites excluding steroid dienone is 2. The Kier molecular flexibility index (Phi) is 6.28. The number of hydrogen-bond donors (Lipinski definition) is 3. The van der Waals surface area contributed by atoms with E-state index in [0.717, 1.165) is 18.7 Å². The Balaban J connectivity index is 1.60. The highest BCUT2D eigenvalue weighted by molar-refractivity contribution is 5.87. The maximum atomic E-state index is 9.02. The molecule has 0 bridgehead atoms. The van der Waals surface area contributed by atoms with Crippen LogP contribution >= 0.6 is 0 Å². The second kappa shape index (κ2) is 9.46. The van der Waals surface area contributed by atoms with Crippen LogP contribution in [0.3, 0.4) is 0 Å². The molecular weight excluding hydrogens is 422 g/mol. The molecule has 3 aromatic rings. The Bertz CT molecular complexity index is 1270. The van der Waals surface area contributed by atoms with Crippen LogP contribution in [0.1, 0.15) is 11.3 Å². The molecule has 0 aromatic carbocycles. The molecule has 3 aromatic heterocycles. The number of imidazole rings is 1. The normalized spacial score (nSPS) is 14.9. The molecule has 0 unspecified atom stereocenters. The van der Waals surface area contributed by atoms with Crippen molar-refractivity contribution in [2.24, 2.45) is 18.5 Å². The highest BCUT2D eigenvalue weighted by atomic mass is 16.5. The summed E-state index contributed by atoms with van der Waals surface area (Å²) < 4.78 is 13.1. The number of ether oxygens (including phenoxy) is 2. The van der Waals surface area contributed by atoms with Gasteiger partial charge in [0.15, 0.2) is 11.4 Å². The second-order valence-electron chi connectivity index (χ2n) is 7.52. The van der Waals surface area contributed by atoms with Crippen molar-refractivity contribution < 1.29 is 9.47 Å². The molecular formula is C22H25N9O2. The first-order chi connectivity index (χ1) is 15.9. The number of anilines is 1. The first-order valence-electron chi connectivity index (χ1n) is 10.3. The smallest absolute Gasteiger partial charge is 0.223 e. The number of pyridine rings is 2. The zero-order chi connectivity index (χ0) is 23.4. The summed E-state index contributed by atoms with van der Waals surface area (Å²) in [5.41, 5.74) is 15.3. The second-order valence-corrected chi connectivity index (χ2v) is 7.52. The number of hydrogen-bond acceptors (Lipinski definition) is 10. The summed E-state index contributed by atoms with van der Waals surface area (Å²) in [7, 11) is 1.84. The molecule has 1 saturated heterocycles. The van der Waals surface area contributed by atoms with Gasteiger partial charge in [-0.25, -0.2) is 9.97 Å². The van der Waals surface area contributed by atoms with E-state index in [0.29, 0.717) is 59.0 Å². The lowest BCUT2D eigenvalue weighted by Crippen LogP contribution is -2.38. The molecule has 4 heterocycles. The van der Waals surface area contributed by atoms with E-state index >= 15 is 0 Å². The SMILES string of the molecule is Cc1cc(C#N)ncc1Oc1cc(N/C(N)=C/C=C(\N)N2CCOCC2)c2ncn(C)c2n1. The summed E-state index contributed by atoms with van der Waals surface area (Å²) in [5.74, 6) is 1.83. The Labute approximate surface area is 190 Å². The van der Waals surface area contributed by atoms with Gasteiger partial charge in [-0.2, -0.15) is 10.2 Å². The lowest BCUT2D eigenvalue weighted by Gasteiger charge is -2.28. The molecule has 0 spiro atoms. The number of nitrogens with two attached hydrogens (primary N) is 2. The highest BCUT2D eigenvalue weighted by Gasteiger charge is 2.14. The van der Waals surface area contributed by atoms with Gasteiger partial charge in [0.2, 0.25) is 5.88 Å². The third-order valence-corrected chi connectivity index (χ3v) is 5.13. The largest absolute Gasteiger partial charge is 0.437 e. The summed E-state index contributed by atoms with van der Waals surface area (Å²) >= 11 is 0. The van der Waals surface area contributed by atoms with E-state index in [9.17, 15) is 0 Å². The van der Waals surface area contributed by atoms with E-state index in [1.807, 2.05) is 24.9 Å². The van der Waals surface area contributed by atoms with Gasteiger partial charge in [0.05, 0.1) is 37.2 Å². The van der Waals surface area contributed by atoms with Crippen LogP contribution in [0.2, 0.25) is 0 Å². The molecule has 0 saturated carbocycles. The van der Waals surface area contributed by atoms with Gasteiger partial charge in [0, 0.05) is 26.2 Å². The van der Waals surface area contributed by atoms with Crippen LogP contribution in [-0.2, 0) is 11.8 Å². The van der Waals surface area contributed by atoms with Crippen LogP contribution < -0.4 is 21.5 Å². The number of aromatic nitrogens is 4. The van der Waals surface area contributed by atoms with E-state index in [4.69, 9.17) is 26.2 Å². The molecule has 4 rings (SSSR count). The van der Waals surface area contributed by atoms with Gasteiger partial charge in [0.1, 0.15) is 23.1 Å². The van der Waals surface area contributed by atoms with E-state index in [1.165, 1.54) is 6.20 Å². The molecule has 11 heteroatoms. The Hall–Kier alpha value is -4.30. The van der Waals surface area contributed by atoms with Crippen LogP contribution in [0.15, 0.2) is 48.5 Å². The minimum absolute atomic E-state index is 0.319. The summed E-state index contributed by atoms with van der Waals surface area (Å²) in [5, 5.41) is 12.2. The number of nitrogens with zero attached hydrogens (tertiary/aromatic N) is 6. The minimum Gasteiger partial charge on any atom is -0.437 e. The lowest BCUT2D eigenvalue weighted by molar-refractivity contribution is 0.0530. The van der Waals surface area contributed by atoms with Crippen molar-refractivity contribution in [3.05, 3.63) is 59.7 Å². The van der Waals surface area contributed by atoms with E-state index in [1.54, 1.807) is 35.2 Å². The van der Waals surface area contributed by atoms with Crippen molar-refractivity contribution in [2.45, 2.75) is 6.92 Å². The average Bonchev–Trinajstić information content (AvgIpc) is 3.20. The molecule has 0 atom stereocenters. The van der Waals surface area contributed by atoms with Crippen LogP contribution in [0.5, 0.6) is 11.6 Å². The fourth-order valence-corrected chi connectivity index (χ4v) is 3.35. The average molecular weight is 448 g/mol. The van der Waals surface area contributed by atoms with Crippen LogP contribution in [0.4, 0.5) is 5.69 Å². The maximum absolute atomic E-state index is 9.02. The zero-order valence-electron chi connectivity index (χ0n) is 18.4. The predicted molar refractivity (Wildman–Crippen MR) is 123 cm³/mol. The van der Waals surface area contributed by atoms with Gasteiger partial charge in [-0.3, -0.25) is 0 Å². The van der Waals surface area contributed by atoms with Crippen molar-refractivity contribution in [3.63, 3.8) is 0 Å². The molecule has 33 heavy (non-hydrogen) atoms. The molecule has 0 amide bonds. The third-order valence-electron chi connectivity index (χ3n) is 5.13. The molecule has 0 aliphatic carbocycles. The van der Waals surface area contributed by atoms with E-state index < -0.39 is 0 Å². The standard InChI is InChI=1S/C22H25N9O2/c1-14-9-15(11-23)26-12-17(14)33-20-10-16(21-22(29-20)30(2)13-27-21)28-18(24)3-4-19(25)31-5-7-32-8-6-31/h3-4,9-10,12-13H,5-8,24-25H2,1-2H3,(H,28,29)/b18-3+,19-4+. The first kappa shape index (κ1) is 21.9. The molecule has 170 valence electrons. The van der Waals surface area contributed by atoms with Crippen LogP contribution in [0.25, 0.3) is 11.2 Å². The molecule has 0 radical (unpaired) electrons. The number of morpholine rings is 1. The fraction of sp³-hybridized carbons (Fsp3) is 0.273. The van der Waals surface area contributed by atoms with Gasteiger partial charge in [-0.15, -0.1) is 0 Å². The number of nitrogens with one attached hydrogen (secondary N) is 1. The topological polar surface area (TPSA) is 153 Å². The third kappa shape index (κ3) is 4.97. The molecule has 1 aliphatic rings. The van der Waals surface area contributed by atoms with Crippen LogP contribution in [0, 0.1) is 18.3 Å². The van der Waals surface area contributed by atoms with Gasteiger partial charge in [-0.05, 0) is 30.7 Å². The Morgan fingerprint density at radius 1 is 1.24 bits per heavy atom. The summed E-state index contributed by atoms with van der Waals surface area (Å²) in [4.78, 5) is 15.1. The molecule has 1 fully saturated rings. The summed E-state index contributed by atoms with van der Waals surface area (Å²) in [6, 6.07) is 5.38. The first-order valence-corrected chi connectivity index (χ1v) is 10.3. The lowest BCUT2D eigenvalue weighted by atomic mass is 10.2. The van der Waals surface area contributed by atoms with E-state index in [2.05, 4.69) is 20.3 Å². The molecule has 1 aliphatic heterocycles. The van der Waals surface area contributed by atoms with Crippen molar-refractivity contribution in [1.82, 2.24) is 24.4 Å². The summed E-state index contributed by atoms with van der Waals surface area (Å²) in [6.07, 6.45) is 6.63. The molecule has 11 nitrogen and oxygen atoms in total. The van der Waals surface area contributed by atoms with Gasteiger partial charge < -0.3 is 35.7 Å². The highest BCUT2D eigenvalue weighted by Crippen LogP contribution is 2.30. The summed E-state index contributed by atoms with van der Waals surface area (Å²) in [6.45, 7) is 4.63. The number of fused-ring (bicyclic) bond motifs is 1. The van der Waals surface area contributed by atoms with Crippen molar-refractivity contribution in [2.75, 3.05) is 31.6 Å². The monoisotopic (exact) mass is 447 g/mol. The number of aryl methyl sites for hydroxylation is 2. The Morgan fingerprint density at radius 2 is 2.03 bits per heavy atom. The number of nitriles is 1. The fourth-order valence-electron chi connectivity index (χ4n) is 3.35. The maximum Gasteiger partial charge on any atom is 0.223 e. The van der Waals surface area contributed by atoms with E-state index in [-0.39, 0.29) is 0 Å². The van der Waals surface area contributed by atoms with Gasteiger partial charge >= 0.3 is 0 Å². The van der Waals surface area contributed by atoms with Crippen molar-refractivity contribution in [1.29, 1.82) is 5.26 Å².